The molecule has 5 aromatic rings. The minimum atomic E-state index is -0.358. The molecule has 0 spiro atoms. The van der Waals surface area contributed by atoms with Crippen molar-refractivity contribution in [3.63, 3.8) is 0 Å². The molecule has 2 heterocycles. The predicted molar refractivity (Wildman–Crippen MR) is 178 cm³/mol. The molecule has 0 saturated heterocycles. The van der Waals surface area contributed by atoms with Crippen LogP contribution in [0.15, 0.2) is 36.4 Å². The Morgan fingerprint density at radius 3 is 1.51 bits per heavy atom. The first-order chi connectivity index (χ1) is 21.7. The summed E-state index contributed by atoms with van der Waals surface area (Å²) in [6, 6.07) is 10.5. The molecule has 226 valence electrons. The molecule has 7 rings (SSSR count). The number of carbonyl (C=O) groups excluding carboxylic acids is 4. The van der Waals surface area contributed by atoms with E-state index in [-0.39, 0.29) is 35.7 Å². The fraction of sp³-hybridized carbons (Fsp3) is 0.342. The summed E-state index contributed by atoms with van der Waals surface area (Å²) in [4.78, 5) is 62.9. The molecule has 0 saturated carbocycles. The van der Waals surface area contributed by atoms with E-state index in [1.807, 2.05) is 45.9 Å². The van der Waals surface area contributed by atoms with Crippen LogP contribution >= 0.6 is 0 Å². The van der Waals surface area contributed by atoms with E-state index < -0.39 is 0 Å². The number of carbonyl (C=O) groups is 4. The van der Waals surface area contributed by atoms with Crippen molar-refractivity contribution in [2.45, 2.75) is 85.2 Å². The fourth-order valence-corrected chi connectivity index (χ4v) is 8.13. The van der Waals surface area contributed by atoms with Gasteiger partial charge < -0.3 is 0 Å². The summed E-state index contributed by atoms with van der Waals surface area (Å²) < 4.78 is 0. The Morgan fingerprint density at radius 2 is 1.04 bits per heavy atom. The number of hydrogen-bond donors (Lipinski definition) is 0. The van der Waals surface area contributed by atoms with Crippen molar-refractivity contribution in [3.05, 3.63) is 75.6 Å². The van der Waals surface area contributed by atoms with Gasteiger partial charge in [-0.1, -0.05) is 52.7 Å². The first-order valence-electron chi connectivity index (χ1n) is 16.1. The van der Waals surface area contributed by atoms with Gasteiger partial charge in [0.2, 0.25) is 0 Å². The summed E-state index contributed by atoms with van der Waals surface area (Å²) in [5.74, 6) is -1.23. The van der Waals surface area contributed by atoms with Crippen LogP contribution in [0.4, 0.5) is 5.69 Å². The van der Waals surface area contributed by atoms with Crippen molar-refractivity contribution in [2.24, 2.45) is 0 Å². The van der Waals surface area contributed by atoms with Gasteiger partial charge in [-0.05, 0) is 94.8 Å². The minimum Gasteiger partial charge on any atom is -0.271 e. The normalized spacial score (nSPS) is 16.1. The van der Waals surface area contributed by atoms with Gasteiger partial charge in [0.1, 0.15) is 0 Å². The van der Waals surface area contributed by atoms with Crippen molar-refractivity contribution in [3.8, 4) is 0 Å². The number of benzene rings is 5. The average molecular weight is 598 g/mol. The summed E-state index contributed by atoms with van der Waals surface area (Å²) in [5.41, 5.74) is 3.00. The lowest BCUT2D eigenvalue weighted by atomic mass is 9.80. The van der Waals surface area contributed by atoms with Crippen LogP contribution in [-0.4, -0.2) is 45.5 Å². The molecule has 0 aromatic heterocycles. The second-order valence-corrected chi connectivity index (χ2v) is 12.5. The van der Waals surface area contributed by atoms with Crippen molar-refractivity contribution >= 4 is 72.4 Å². The Bertz CT molecular complexity index is 2190. The molecule has 5 aromatic carbocycles. The van der Waals surface area contributed by atoms with E-state index in [1.54, 1.807) is 18.2 Å². The summed E-state index contributed by atoms with van der Waals surface area (Å²) in [5, 5.41) is 5.74. The van der Waals surface area contributed by atoms with Crippen molar-refractivity contribution in [2.75, 3.05) is 0 Å². The third-order valence-electron chi connectivity index (χ3n) is 10.1. The molecule has 2 aliphatic heterocycles. The number of fused-ring (bicyclic) bond motifs is 2. The van der Waals surface area contributed by atoms with E-state index in [0.29, 0.717) is 68.7 Å². The molecule has 2 aliphatic rings. The highest BCUT2D eigenvalue weighted by atomic mass is 16.2. The van der Waals surface area contributed by atoms with Gasteiger partial charge >= 0.3 is 0 Å². The van der Waals surface area contributed by atoms with Crippen molar-refractivity contribution in [1.82, 2.24) is 9.80 Å². The molecule has 4 amide bonds. The van der Waals surface area contributed by atoms with E-state index in [2.05, 4.69) is 11.8 Å². The largest absolute Gasteiger partial charge is 0.271 e. The number of nitrogens with zero attached hydrogens (tertiary/aromatic N) is 3. The minimum absolute atomic E-state index is 0.185. The summed E-state index contributed by atoms with van der Waals surface area (Å²) >= 11 is 0. The molecule has 7 heteroatoms. The maximum absolute atomic E-state index is 14.1. The Balaban J connectivity index is 1.60. The zero-order valence-corrected chi connectivity index (χ0v) is 26.3. The third kappa shape index (κ3) is 3.69. The van der Waals surface area contributed by atoms with Crippen LogP contribution in [-0.2, 0) is 0 Å². The first kappa shape index (κ1) is 28.9. The van der Waals surface area contributed by atoms with Crippen LogP contribution in [0, 0.1) is 13.5 Å². The van der Waals surface area contributed by atoms with Crippen molar-refractivity contribution < 1.29 is 19.2 Å². The standard InChI is InChI=1S/C38H35N3O4/c1-7-11-20(9-3)40-35(42)24-16-14-23-32-28(39-6)18-27-31-25(36(43)41(38(27)45)21(10-4)12-8-2)15-13-22(34(31)32)29-19(5)17-26(37(40)44)30(24)33(23)29/h13-18,20-21H,7-12H2,1-5H3. The van der Waals surface area contributed by atoms with E-state index in [4.69, 9.17) is 6.57 Å². The van der Waals surface area contributed by atoms with Gasteiger partial charge in [-0.2, -0.15) is 0 Å². The molecule has 2 unspecified atom stereocenters. The van der Waals surface area contributed by atoms with Crippen LogP contribution < -0.4 is 0 Å². The monoisotopic (exact) mass is 597 g/mol. The Kier molecular flexibility index (Phi) is 6.67. The molecule has 0 N–H and O–H groups in total. The van der Waals surface area contributed by atoms with Gasteiger partial charge in [0.15, 0.2) is 5.69 Å². The highest BCUT2D eigenvalue weighted by Crippen LogP contribution is 2.50. The molecule has 2 atom stereocenters. The first-order valence-corrected chi connectivity index (χ1v) is 16.1. The molecule has 0 bridgehead atoms. The zero-order chi connectivity index (χ0) is 31.9. The van der Waals surface area contributed by atoms with Crippen LogP contribution in [0.3, 0.4) is 0 Å². The van der Waals surface area contributed by atoms with Crippen LogP contribution in [0.25, 0.3) is 47.9 Å². The third-order valence-corrected chi connectivity index (χ3v) is 10.1. The van der Waals surface area contributed by atoms with Gasteiger partial charge in [-0.25, -0.2) is 4.85 Å². The Hall–Kier alpha value is -4.83. The van der Waals surface area contributed by atoms with Crippen LogP contribution in [0.1, 0.15) is 113 Å². The smallest absolute Gasteiger partial charge is 0.261 e. The summed E-state index contributed by atoms with van der Waals surface area (Å²) in [6.45, 7) is 18.3. The highest BCUT2D eigenvalue weighted by molar-refractivity contribution is 6.43. The van der Waals surface area contributed by atoms with Crippen LogP contribution in [0.2, 0.25) is 0 Å². The maximum Gasteiger partial charge on any atom is 0.261 e. The topological polar surface area (TPSA) is 79.1 Å². The number of aryl methyl sites for hydroxylation is 1. The lowest BCUT2D eigenvalue weighted by Gasteiger charge is -2.35. The van der Waals surface area contributed by atoms with Gasteiger partial charge in [0.05, 0.1) is 6.57 Å². The number of hydrogen-bond acceptors (Lipinski definition) is 4. The molecular formula is C38H35N3O4. The second-order valence-electron chi connectivity index (χ2n) is 12.5. The Morgan fingerprint density at radius 1 is 0.600 bits per heavy atom. The quantitative estimate of drug-likeness (QED) is 0.0774. The van der Waals surface area contributed by atoms with E-state index in [9.17, 15) is 19.2 Å². The zero-order valence-electron chi connectivity index (χ0n) is 26.3. The average Bonchev–Trinajstić information content (AvgIpc) is 3.04. The molecule has 0 radical (unpaired) electrons. The number of imide groups is 2. The van der Waals surface area contributed by atoms with Gasteiger partial charge in [0, 0.05) is 45.1 Å². The van der Waals surface area contributed by atoms with Crippen molar-refractivity contribution in [1.29, 1.82) is 0 Å². The van der Waals surface area contributed by atoms with E-state index in [0.717, 1.165) is 46.4 Å². The van der Waals surface area contributed by atoms with Gasteiger partial charge in [-0.15, -0.1) is 0 Å². The molecule has 0 aliphatic carbocycles. The van der Waals surface area contributed by atoms with E-state index in [1.165, 1.54) is 9.80 Å². The maximum atomic E-state index is 14.1. The highest BCUT2D eigenvalue weighted by Gasteiger charge is 2.40. The van der Waals surface area contributed by atoms with Gasteiger partial charge in [0.25, 0.3) is 23.6 Å². The predicted octanol–water partition coefficient (Wildman–Crippen LogP) is 8.95. The number of amides is 4. The van der Waals surface area contributed by atoms with Gasteiger partial charge in [-0.3, -0.25) is 29.0 Å². The molecule has 0 fully saturated rings. The van der Waals surface area contributed by atoms with E-state index >= 15 is 0 Å². The fourth-order valence-electron chi connectivity index (χ4n) is 8.13. The lowest BCUT2D eigenvalue weighted by molar-refractivity contribution is 0.0510. The molecule has 45 heavy (non-hydrogen) atoms. The summed E-state index contributed by atoms with van der Waals surface area (Å²) in [7, 11) is 0. The lowest BCUT2D eigenvalue weighted by Crippen LogP contribution is -2.47. The summed E-state index contributed by atoms with van der Waals surface area (Å²) in [6.07, 6.45) is 4.49. The Labute approximate surface area is 261 Å². The number of rotatable bonds is 8. The second kappa shape index (κ2) is 10.4. The molecular weight excluding hydrogens is 562 g/mol. The molecule has 7 nitrogen and oxygen atoms in total. The SMILES string of the molecule is [C-]#[N+]c1cc2c3c(ccc4c5c(C)cc6c7c(ccc(c1c34)c75)C(=O)N(C(CC)CCC)C6=O)C(=O)N(C(CC)CCC)C2=O. The van der Waals surface area contributed by atoms with Crippen LogP contribution in [0.5, 0.6) is 0 Å².